The van der Waals surface area contributed by atoms with E-state index >= 15 is 0 Å². The molecule has 3 fully saturated rings. The Morgan fingerprint density at radius 3 is 2.55 bits per heavy atom. The Morgan fingerprint density at radius 2 is 1.85 bits per heavy atom. The molecule has 0 aromatic heterocycles. The maximum atomic E-state index is 12.6. The van der Waals surface area contributed by atoms with E-state index in [1.54, 1.807) is 0 Å². The van der Waals surface area contributed by atoms with Gasteiger partial charge in [-0.05, 0) is 19.3 Å². The standard InChI is InChI=1S/C12H21N3O4S/c16-11-12(2-1-4-13-11)3-5-15(10-12)20(17,18)14-6-8-19-9-7-14/h1-10H2,(H,13,16)/t12-/m0/s1. The minimum Gasteiger partial charge on any atom is -0.379 e. The summed E-state index contributed by atoms with van der Waals surface area (Å²) in [7, 11) is -3.45. The van der Waals surface area contributed by atoms with Crippen molar-refractivity contribution in [3.05, 3.63) is 0 Å². The third-order valence-electron chi connectivity index (χ3n) is 4.54. The highest BCUT2D eigenvalue weighted by molar-refractivity contribution is 7.86. The lowest BCUT2D eigenvalue weighted by molar-refractivity contribution is -0.132. The van der Waals surface area contributed by atoms with Crippen LogP contribution in [0.4, 0.5) is 0 Å². The molecule has 3 saturated heterocycles. The zero-order valence-corrected chi connectivity index (χ0v) is 12.3. The molecule has 0 unspecified atom stereocenters. The summed E-state index contributed by atoms with van der Waals surface area (Å²) in [5.41, 5.74) is -0.502. The molecule has 1 spiro atoms. The number of carbonyl (C=O) groups is 1. The Bertz CT molecular complexity index is 489. The topological polar surface area (TPSA) is 79.0 Å². The van der Waals surface area contributed by atoms with E-state index in [2.05, 4.69) is 5.32 Å². The van der Waals surface area contributed by atoms with Gasteiger partial charge in [0, 0.05) is 32.7 Å². The molecular weight excluding hydrogens is 282 g/mol. The van der Waals surface area contributed by atoms with Crippen LogP contribution in [-0.2, 0) is 19.7 Å². The molecule has 1 N–H and O–H groups in total. The van der Waals surface area contributed by atoms with Crippen molar-refractivity contribution in [2.24, 2.45) is 5.41 Å². The largest absolute Gasteiger partial charge is 0.379 e. The van der Waals surface area contributed by atoms with Gasteiger partial charge >= 0.3 is 0 Å². The molecule has 8 heteroatoms. The number of rotatable bonds is 2. The van der Waals surface area contributed by atoms with E-state index in [9.17, 15) is 13.2 Å². The first-order valence-electron chi connectivity index (χ1n) is 7.16. The predicted octanol–water partition coefficient (Wildman–Crippen LogP) is -0.834. The molecule has 20 heavy (non-hydrogen) atoms. The van der Waals surface area contributed by atoms with Crippen molar-refractivity contribution in [2.75, 3.05) is 45.9 Å². The van der Waals surface area contributed by atoms with Crippen molar-refractivity contribution in [3.63, 3.8) is 0 Å². The van der Waals surface area contributed by atoms with Gasteiger partial charge in [0.15, 0.2) is 0 Å². The van der Waals surface area contributed by atoms with E-state index in [0.717, 1.165) is 12.8 Å². The number of nitrogens with zero attached hydrogens (tertiary/aromatic N) is 2. The fourth-order valence-corrected chi connectivity index (χ4v) is 4.96. The van der Waals surface area contributed by atoms with Gasteiger partial charge in [0.05, 0.1) is 18.6 Å². The Balaban J connectivity index is 1.74. The normalized spacial score (nSPS) is 33.5. The van der Waals surface area contributed by atoms with Gasteiger partial charge in [0.2, 0.25) is 5.91 Å². The summed E-state index contributed by atoms with van der Waals surface area (Å²) in [6.45, 7) is 3.15. The molecule has 3 aliphatic rings. The van der Waals surface area contributed by atoms with E-state index in [0.29, 0.717) is 52.4 Å². The molecule has 1 atom stereocenters. The van der Waals surface area contributed by atoms with E-state index < -0.39 is 15.6 Å². The molecule has 3 aliphatic heterocycles. The van der Waals surface area contributed by atoms with Crippen molar-refractivity contribution in [3.8, 4) is 0 Å². The lowest BCUT2D eigenvalue weighted by atomic mass is 9.79. The number of hydrogen-bond donors (Lipinski definition) is 1. The molecule has 7 nitrogen and oxygen atoms in total. The number of carbonyl (C=O) groups excluding carboxylic acids is 1. The number of morpholine rings is 1. The Labute approximate surface area is 119 Å². The molecule has 0 aromatic carbocycles. The zero-order valence-electron chi connectivity index (χ0n) is 11.5. The molecule has 0 aromatic rings. The van der Waals surface area contributed by atoms with Crippen LogP contribution in [0, 0.1) is 5.41 Å². The Morgan fingerprint density at radius 1 is 1.10 bits per heavy atom. The third-order valence-corrected chi connectivity index (χ3v) is 6.52. The summed E-state index contributed by atoms with van der Waals surface area (Å²) in [4.78, 5) is 12.1. The van der Waals surface area contributed by atoms with Gasteiger partial charge < -0.3 is 10.1 Å². The Kier molecular flexibility index (Phi) is 3.74. The SMILES string of the molecule is O=C1NCCC[C@@]12CCN(S(=O)(=O)N1CCOCC1)C2. The molecule has 3 heterocycles. The Hall–Kier alpha value is -0.700. The van der Waals surface area contributed by atoms with Crippen molar-refractivity contribution >= 4 is 16.1 Å². The average Bonchev–Trinajstić information content (AvgIpc) is 2.89. The summed E-state index contributed by atoms with van der Waals surface area (Å²) >= 11 is 0. The molecule has 3 rings (SSSR count). The minimum atomic E-state index is -3.45. The van der Waals surface area contributed by atoms with E-state index in [1.807, 2.05) is 0 Å². The zero-order chi connectivity index (χ0) is 14.2. The van der Waals surface area contributed by atoms with Gasteiger partial charge in [-0.25, -0.2) is 0 Å². The lowest BCUT2D eigenvalue weighted by Crippen LogP contribution is -2.51. The van der Waals surface area contributed by atoms with Crippen LogP contribution in [0.5, 0.6) is 0 Å². The van der Waals surface area contributed by atoms with Crippen LogP contribution in [0.25, 0.3) is 0 Å². The van der Waals surface area contributed by atoms with Crippen LogP contribution >= 0.6 is 0 Å². The first-order valence-corrected chi connectivity index (χ1v) is 8.56. The van der Waals surface area contributed by atoms with Gasteiger partial charge in [-0.1, -0.05) is 0 Å². The van der Waals surface area contributed by atoms with Crippen LogP contribution in [0.2, 0.25) is 0 Å². The van der Waals surface area contributed by atoms with Crippen molar-refractivity contribution < 1.29 is 17.9 Å². The smallest absolute Gasteiger partial charge is 0.282 e. The number of amides is 1. The number of piperidine rings is 1. The fourth-order valence-electron chi connectivity index (χ4n) is 3.29. The van der Waals surface area contributed by atoms with Gasteiger partial charge in [0.1, 0.15) is 0 Å². The highest BCUT2D eigenvalue weighted by Crippen LogP contribution is 2.38. The van der Waals surface area contributed by atoms with E-state index in [-0.39, 0.29) is 5.91 Å². The number of ether oxygens (including phenoxy) is 1. The van der Waals surface area contributed by atoms with Gasteiger partial charge in [-0.3, -0.25) is 4.79 Å². The minimum absolute atomic E-state index is 0.0171. The predicted molar refractivity (Wildman–Crippen MR) is 72.2 cm³/mol. The second kappa shape index (κ2) is 5.25. The third kappa shape index (κ3) is 2.34. The molecule has 1 amide bonds. The maximum absolute atomic E-state index is 12.6. The molecular formula is C12H21N3O4S. The van der Waals surface area contributed by atoms with Crippen LogP contribution in [0.3, 0.4) is 0 Å². The average molecular weight is 303 g/mol. The summed E-state index contributed by atoms with van der Waals surface area (Å²) in [5.74, 6) is 0.0171. The van der Waals surface area contributed by atoms with Crippen LogP contribution in [0.15, 0.2) is 0 Å². The summed E-state index contributed by atoms with van der Waals surface area (Å²) in [5, 5.41) is 2.87. The summed E-state index contributed by atoms with van der Waals surface area (Å²) < 4.78 is 33.3. The molecule has 0 bridgehead atoms. The van der Waals surface area contributed by atoms with Crippen LogP contribution < -0.4 is 5.32 Å². The first kappa shape index (κ1) is 14.2. The molecule has 0 saturated carbocycles. The second-order valence-electron chi connectivity index (χ2n) is 5.74. The summed E-state index contributed by atoms with van der Waals surface area (Å²) in [6, 6.07) is 0. The number of hydrogen-bond acceptors (Lipinski definition) is 4. The van der Waals surface area contributed by atoms with E-state index in [1.165, 1.54) is 8.61 Å². The molecule has 0 aliphatic carbocycles. The van der Waals surface area contributed by atoms with Crippen molar-refractivity contribution in [1.29, 1.82) is 0 Å². The van der Waals surface area contributed by atoms with Crippen LogP contribution in [-0.4, -0.2) is 68.9 Å². The maximum Gasteiger partial charge on any atom is 0.282 e. The molecule has 114 valence electrons. The van der Waals surface area contributed by atoms with Crippen LogP contribution in [0.1, 0.15) is 19.3 Å². The molecule has 0 radical (unpaired) electrons. The fraction of sp³-hybridized carbons (Fsp3) is 0.917. The van der Waals surface area contributed by atoms with Crippen molar-refractivity contribution in [1.82, 2.24) is 13.9 Å². The quantitative estimate of drug-likeness (QED) is 0.722. The van der Waals surface area contributed by atoms with Crippen molar-refractivity contribution in [2.45, 2.75) is 19.3 Å². The van der Waals surface area contributed by atoms with Gasteiger partial charge in [-0.2, -0.15) is 17.0 Å². The van der Waals surface area contributed by atoms with E-state index in [4.69, 9.17) is 4.74 Å². The first-order chi connectivity index (χ1) is 9.55. The summed E-state index contributed by atoms with van der Waals surface area (Å²) in [6.07, 6.45) is 2.34. The highest BCUT2D eigenvalue weighted by atomic mass is 32.2. The highest BCUT2D eigenvalue weighted by Gasteiger charge is 2.49. The van der Waals surface area contributed by atoms with Gasteiger partial charge in [0.25, 0.3) is 10.2 Å². The monoisotopic (exact) mass is 303 g/mol. The lowest BCUT2D eigenvalue weighted by Gasteiger charge is -2.33. The second-order valence-corrected chi connectivity index (χ2v) is 7.67. The van der Waals surface area contributed by atoms with Gasteiger partial charge in [-0.15, -0.1) is 0 Å². The number of nitrogens with one attached hydrogen (secondary N) is 1.